The second kappa shape index (κ2) is 10.3. The second-order valence-corrected chi connectivity index (χ2v) is 10.5. The van der Waals surface area contributed by atoms with Crippen LogP contribution in [0.25, 0.3) is 0 Å². The monoisotopic (exact) mass is 426 g/mol. The molecular formula is C28H39FO2. The molecular weight excluding hydrogens is 387 g/mol. The zero-order valence-electron chi connectivity index (χ0n) is 19.2. The van der Waals surface area contributed by atoms with Gasteiger partial charge < -0.3 is 4.74 Å². The average molecular weight is 427 g/mol. The molecule has 0 aliphatic heterocycles. The van der Waals surface area contributed by atoms with Gasteiger partial charge in [-0.05, 0) is 106 Å². The molecule has 1 aromatic rings. The van der Waals surface area contributed by atoms with E-state index in [9.17, 15) is 9.18 Å². The maximum Gasteiger partial charge on any atom is 0.314 e. The van der Waals surface area contributed by atoms with Crippen molar-refractivity contribution in [1.82, 2.24) is 0 Å². The van der Waals surface area contributed by atoms with Crippen LogP contribution in [0, 0.1) is 48.2 Å². The Labute approximate surface area is 187 Å². The van der Waals surface area contributed by atoms with Crippen LogP contribution in [0.15, 0.2) is 30.9 Å². The van der Waals surface area contributed by atoms with Crippen LogP contribution in [0.5, 0.6) is 5.75 Å². The number of aryl methyl sites for hydroxylation is 1. The number of hydrogen-bond acceptors (Lipinski definition) is 2. The van der Waals surface area contributed by atoms with Gasteiger partial charge in [-0.2, -0.15) is 0 Å². The predicted octanol–water partition coefficient (Wildman–Crippen LogP) is 7.64. The summed E-state index contributed by atoms with van der Waals surface area (Å²) >= 11 is 0. The van der Waals surface area contributed by atoms with E-state index in [0.717, 1.165) is 49.0 Å². The smallest absolute Gasteiger partial charge is 0.314 e. The lowest BCUT2D eigenvalue weighted by atomic mass is 9.59. The van der Waals surface area contributed by atoms with Crippen LogP contribution in [0.3, 0.4) is 0 Å². The van der Waals surface area contributed by atoms with Crippen LogP contribution in [-0.2, 0) is 4.79 Å². The Balaban J connectivity index is 1.32. The van der Waals surface area contributed by atoms with Gasteiger partial charge >= 0.3 is 5.97 Å². The number of fused-ring (bicyclic) bond motifs is 1. The SMILES string of the molecule is C=CCCC1CCC(C2CCC3C(CCCC3C(=O)Oc3ccc(C)cc3F)C2)CC1. The fraction of sp³-hybridized carbons (Fsp3) is 0.679. The molecule has 3 saturated carbocycles. The van der Waals surface area contributed by atoms with Crippen molar-refractivity contribution in [2.75, 3.05) is 0 Å². The van der Waals surface area contributed by atoms with Crippen molar-refractivity contribution >= 4 is 5.97 Å². The highest BCUT2D eigenvalue weighted by Gasteiger charge is 2.43. The molecule has 4 atom stereocenters. The Morgan fingerprint density at radius 2 is 1.84 bits per heavy atom. The highest BCUT2D eigenvalue weighted by Crippen LogP contribution is 2.50. The number of ether oxygens (including phenoxy) is 1. The number of carbonyl (C=O) groups excluding carboxylic acids is 1. The fourth-order valence-electron chi connectivity index (χ4n) is 6.89. The van der Waals surface area contributed by atoms with Crippen LogP contribution in [0.4, 0.5) is 4.39 Å². The minimum Gasteiger partial charge on any atom is -0.423 e. The zero-order chi connectivity index (χ0) is 21.8. The molecule has 4 unspecified atom stereocenters. The van der Waals surface area contributed by atoms with Crippen LogP contribution >= 0.6 is 0 Å². The van der Waals surface area contributed by atoms with E-state index in [1.54, 1.807) is 12.1 Å². The summed E-state index contributed by atoms with van der Waals surface area (Å²) in [5, 5.41) is 0. The second-order valence-electron chi connectivity index (χ2n) is 10.5. The molecule has 0 heterocycles. The van der Waals surface area contributed by atoms with E-state index in [1.165, 1.54) is 57.4 Å². The Kier molecular flexibility index (Phi) is 7.51. The molecule has 3 aliphatic carbocycles. The Hall–Kier alpha value is -1.64. The Morgan fingerprint density at radius 3 is 2.58 bits per heavy atom. The highest BCUT2D eigenvalue weighted by molar-refractivity contribution is 5.75. The van der Waals surface area contributed by atoms with E-state index >= 15 is 0 Å². The Morgan fingerprint density at radius 1 is 1.06 bits per heavy atom. The predicted molar refractivity (Wildman–Crippen MR) is 123 cm³/mol. The largest absolute Gasteiger partial charge is 0.423 e. The molecule has 0 spiro atoms. The molecule has 0 amide bonds. The topological polar surface area (TPSA) is 26.3 Å². The molecule has 0 radical (unpaired) electrons. The molecule has 0 saturated heterocycles. The van der Waals surface area contributed by atoms with Gasteiger partial charge in [-0.15, -0.1) is 6.58 Å². The number of rotatable bonds is 6. The quantitative estimate of drug-likeness (QED) is 0.265. The first-order chi connectivity index (χ1) is 15.0. The normalized spacial score (nSPS) is 33.4. The van der Waals surface area contributed by atoms with E-state index in [1.807, 2.05) is 6.92 Å². The molecule has 170 valence electrons. The van der Waals surface area contributed by atoms with Crippen LogP contribution < -0.4 is 4.74 Å². The van der Waals surface area contributed by atoms with Gasteiger partial charge in [0, 0.05) is 0 Å². The molecule has 1 aromatic carbocycles. The lowest BCUT2D eigenvalue weighted by molar-refractivity contribution is -0.144. The summed E-state index contributed by atoms with van der Waals surface area (Å²) < 4.78 is 19.7. The lowest BCUT2D eigenvalue weighted by Crippen LogP contribution is -2.40. The summed E-state index contributed by atoms with van der Waals surface area (Å²) in [4.78, 5) is 13.0. The number of hydrogen-bond donors (Lipinski definition) is 0. The van der Waals surface area contributed by atoms with E-state index < -0.39 is 5.82 Å². The van der Waals surface area contributed by atoms with Gasteiger partial charge in [-0.25, -0.2) is 4.39 Å². The number of carbonyl (C=O) groups is 1. The van der Waals surface area contributed by atoms with Gasteiger partial charge in [0.25, 0.3) is 0 Å². The molecule has 31 heavy (non-hydrogen) atoms. The lowest BCUT2D eigenvalue weighted by Gasteiger charge is -2.46. The molecule has 0 aromatic heterocycles. The maximum absolute atomic E-state index is 14.2. The molecule has 3 aliphatic rings. The third-order valence-electron chi connectivity index (χ3n) is 8.63. The van der Waals surface area contributed by atoms with Gasteiger partial charge in [0.2, 0.25) is 0 Å². The van der Waals surface area contributed by atoms with E-state index in [-0.39, 0.29) is 17.6 Å². The van der Waals surface area contributed by atoms with Crippen molar-refractivity contribution < 1.29 is 13.9 Å². The number of allylic oxidation sites excluding steroid dienone is 1. The van der Waals surface area contributed by atoms with Crippen LogP contribution in [-0.4, -0.2) is 5.97 Å². The van der Waals surface area contributed by atoms with Gasteiger partial charge in [-0.3, -0.25) is 4.79 Å². The van der Waals surface area contributed by atoms with Gasteiger partial charge in [0.1, 0.15) is 0 Å². The van der Waals surface area contributed by atoms with Crippen molar-refractivity contribution in [3.8, 4) is 5.75 Å². The third-order valence-corrected chi connectivity index (χ3v) is 8.63. The average Bonchev–Trinajstić information content (AvgIpc) is 2.79. The van der Waals surface area contributed by atoms with Crippen molar-refractivity contribution in [1.29, 1.82) is 0 Å². The standard InChI is InChI=1S/C28H39FO2/c1-3-4-6-20-10-12-21(13-11-20)22-14-15-24-23(18-22)7-5-8-25(24)28(30)31-27-16-9-19(2)17-26(27)29/h3,9,16-17,20-25H,1,4-8,10-15,18H2,2H3. The summed E-state index contributed by atoms with van der Waals surface area (Å²) in [6.45, 7) is 5.71. The number of benzene rings is 1. The molecule has 0 bridgehead atoms. The maximum atomic E-state index is 14.2. The Bertz CT molecular complexity index is 764. The first-order valence-electron chi connectivity index (χ1n) is 12.6. The first kappa shape index (κ1) is 22.6. The summed E-state index contributed by atoms with van der Waals surface area (Å²) in [6.07, 6.45) is 17.0. The van der Waals surface area contributed by atoms with Crippen molar-refractivity contribution in [3.63, 3.8) is 0 Å². The van der Waals surface area contributed by atoms with E-state index in [0.29, 0.717) is 11.8 Å². The zero-order valence-corrected chi connectivity index (χ0v) is 19.2. The minimum absolute atomic E-state index is 0.0601. The molecule has 0 N–H and O–H groups in total. The van der Waals surface area contributed by atoms with Gasteiger partial charge in [-0.1, -0.05) is 37.8 Å². The minimum atomic E-state index is -0.437. The van der Waals surface area contributed by atoms with Crippen LogP contribution in [0.2, 0.25) is 0 Å². The van der Waals surface area contributed by atoms with Crippen molar-refractivity contribution in [3.05, 3.63) is 42.2 Å². The summed E-state index contributed by atoms with van der Waals surface area (Å²) in [5.41, 5.74) is 0.836. The number of esters is 1. The third kappa shape index (κ3) is 5.41. The van der Waals surface area contributed by atoms with Gasteiger partial charge in [0.05, 0.1) is 5.92 Å². The highest BCUT2D eigenvalue weighted by atomic mass is 19.1. The summed E-state index contributed by atoms with van der Waals surface area (Å²) in [7, 11) is 0. The fourth-order valence-corrected chi connectivity index (χ4v) is 6.89. The van der Waals surface area contributed by atoms with E-state index in [4.69, 9.17) is 4.74 Å². The molecule has 3 heteroatoms. The first-order valence-corrected chi connectivity index (χ1v) is 12.6. The van der Waals surface area contributed by atoms with Crippen LogP contribution in [0.1, 0.15) is 82.6 Å². The molecule has 2 nitrogen and oxygen atoms in total. The van der Waals surface area contributed by atoms with Gasteiger partial charge in [0.15, 0.2) is 11.6 Å². The van der Waals surface area contributed by atoms with Crippen molar-refractivity contribution in [2.45, 2.75) is 84.0 Å². The summed E-state index contributed by atoms with van der Waals surface area (Å²) in [5.74, 6) is 3.07. The molecule has 4 rings (SSSR count). The number of halogens is 1. The molecule has 3 fully saturated rings. The van der Waals surface area contributed by atoms with Crippen molar-refractivity contribution in [2.24, 2.45) is 35.5 Å². The van der Waals surface area contributed by atoms with E-state index in [2.05, 4.69) is 12.7 Å². The summed E-state index contributed by atoms with van der Waals surface area (Å²) in [6, 6.07) is 4.82.